The monoisotopic (exact) mass is 465 g/mol. The molecule has 0 bridgehead atoms. The maximum absolute atomic E-state index is 12.2. The number of carboxylic acids is 1. The largest absolute Gasteiger partial charge is 0.504 e. The molecule has 178 valence electrons. The molecule has 4 rings (SSSR count). The van der Waals surface area contributed by atoms with Crippen LogP contribution >= 0.6 is 0 Å². The highest BCUT2D eigenvalue weighted by atomic mass is 16.7. The molecular weight excluding hydrogens is 438 g/mol. The van der Waals surface area contributed by atoms with Crippen molar-refractivity contribution < 1.29 is 29.3 Å². The molecule has 1 aromatic heterocycles. The second-order valence-electron chi connectivity index (χ2n) is 8.34. The zero-order valence-corrected chi connectivity index (χ0v) is 18.8. The van der Waals surface area contributed by atoms with Gasteiger partial charge in [0.25, 0.3) is 5.91 Å². The minimum absolute atomic E-state index is 0.200. The van der Waals surface area contributed by atoms with Crippen molar-refractivity contribution in [3.05, 3.63) is 71.3 Å². The molecule has 0 spiro atoms. The van der Waals surface area contributed by atoms with E-state index in [9.17, 15) is 14.7 Å². The fraction of sp³-hybridized carbons (Fsp3) is 0.360. The third-order valence-corrected chi connectivity index (χ3v) is 5.91. The van der Waals surface area contributed by atoms with Crippen LogP contribution in [0.25, 0.3) is 5.57 Å². The van der Waals surface area contributed by atoms with Gasteiger partial charge in [0, 0.05) is 5.92 Å². The number of nitrogens with one attached hydrogen (secondary N) is 1. The van der Waals surface area contributed by atoms with E-state index in [0.29, 0.717) is 19.1 Å². The third-order valence-electron chi connectivity index (χ3n) is 5.91. The topological polar surface area (TPSA) is 131 Å². The van der Waals surface area contributed by atoms with E-state index >= 15 is 0 Å². The smallest absolute Gasteiger partial charge is 0.322 e. The number of aliphatic carboxylic acids is 1. The molecule has 2 aliphatic rings. The number of benzene rings is 1. The van der Waals surface area contributed by atoms with Gasteiger partial charge in [-0.3, -0.25) is 9.59 Å². The summed E-state index contributed by atoms with van der Waals surface area (Å²) in [7, 11) is 0. The highest BCUT2D eigenvalue weighted by molar-refractivity contribution is 5.96. The summed E-state index contributed by atoms with van der Waals surface area (Å²) in [6, 6.07) is 10.3. The predicted molar refractivity (Wildman–Crippen MR) is 123 cm³/mol. The van der Waals surface area contributed by atoms with E-state index in [2.05, 4.69) is 45.6 Å². The fourth-order valence-electron chi connectivity index (χ4n) is 4.02. The molecule has 1 amide bonds. The Morgan fingerprint density at radius 3 is 2.53 bits per heavy atom. The van der Waals surface area contributed by atoms with Gasteiger partial charge in [-0.15, -0.1) is 0 Å². The molecule has 3 N–H and O–H groups in total. The predicted octanol–water partition coefficient (Wildman–Crippen LogP) is 2.50. The minimum atomic E-state index is -1.20. The molecule has 9 heteroatoms. The van der Waals surface area contributed by atoms with Crippen LogP contribution in [-0.4, -0.2) is 58.1 Å². The van der Waals surface area contributed by atoms with Crippen molar-refractivity contribution in [1.29, 1.82) is 0 Å². The Morgan fingerprint density at radius 1 is 1.15 bits per heavy atom. The average Bonchev–Trinajstić information content (AvgIpc) is 2.86. The number of carbonyl (C=O) groups is 2. The maximum atomic E-state index is 12.2. The number of hydrogen-bond donors (Lipinski definition) is 3. The summed E-state index contributed by atoms with van der Waals surface area (Å²) in [6.45, 7) is 2.01. The number of carbonyl (C=O) groups excluding carboxylic acids is 1. The molecule has 1 atom stereocenters. The second kappa shape index (κ2) is 10.6. The quantitative estimate of drug-likeness (QED) is 0.569. The van der Waals surface area contributed by atoms with Gasteiger partial charge < -0.3 is 25.0 Å². The van der Waals surface area contributed by atoms with Crippen molar-refractivity contribution >= 4 is 17.4 Å². The lowest BCUT2D eigenvalue weighted by Gasteiger charge is -2.33. The highest BCUT2D eigenvalue weighted by Crippen LogP contribution is 2.31. The molecule has 1 aliphatic carbocycles. The number of amides is 1. The number of carboxylic acid groups (broad SMARTS) is 1. The molecule has 1 aliphatic heterocycles. The summed E-state index contributed by atoms with van der Waals surface area (Å²) in [5.74, 6) is -1.55. The number of aromatic nitrogens is 2. The zero-order chi connectivity index (χ0) is 24.1. The van der Waals surface area contributed by atoms with Crippen LogP contribution in [0.3, 0.4) is 0 Å². The Kier molecular flexibility index (Phi) is 7.34. The SMILES string of the molecule is Cc1nc(CC2OCC(C3C=CC(c4ccccc4)=CC3)CO2)nc(C(=O)NCC(=O)O)c1O. The van der Waals surface area contributed by atoms with Crippen LogP contribution in [0.5, 0.6) is 5.75 Å². The van der Waals surface area contributed by atoms with Crippen LogP contribution in [0.15, 0.2) is 48.6 Å². The zero-order valence-electron chi connectivity index (χ0n) is 18.8. The molecule has 34 heavy (non-hydrogen) atoms. The Balaban J connectivity index is 1.32. The Bertz CT molecular complexity index is 1110. The van der Waals surface area contributed by atoms with Crippen LogP contribution in [0.4, 0.5) is 0 Å². The van der Waals surface area contributed by atoms with Gasteiger partial charge in [0.05, 0.1) is 25.3 Å². The lowest BCUT2D eigenvalue weighted by molar-refractivity contribution is -0.205. The van der Waals surface area contributed by atoms with Gasteiger partial charge in [-0.1, -0.05) is 48.6 Å². The highest BCUT2D eigenvalue weighted by Gasteiger charge is 2.29. The van der Waals surface area contributed by atoms with Gasteiger partial charge >= 0.3 is 5.97 Å². The van der Waals surface area contributed by atoms with Crippen molar-refractivity contribution in [1.82, 2.24) is 15.3 Å². The van der Waals surface area contributed by atoms with Gasteiger partial charge in [-0.25, -0.2) is 9.97 Å². The Morgan fingerprint density at radius 2 is 1.88 bits per heavy atom. The number of ether oxygens (including phenoxy) is 2. The maximum Gasteiger partial charge on any atom is 0.322 e. The molecular formula is C25H27N3O6. The molecule has 9 nitrogen and oxygen atoms in total. The molecule has 1 saturated heterocycles. The number of hydrogen-bond acceptors (Lipinski definition) is 7. The Hall–Kier alpha value is -3.56. The third kappa shape index (κ3) is 5.67. The summed E-state index contributed by atoms with van der Waals surface area (Å²) < 4.78 is 11.8. The van der Waals surface area contributed by atoms with Crippen LogP contribution in [0, 0.1) is 18.8 Å². The molecule has 2 aromatic rings. The first-order valence-corrected chi connectivity index (χ1v) is 11.1. The standard InChI is InChI=1S/C25H27N3O6/c1-15-24(31)23(25(32)26-12-21(29)30)28-20(27-15)11-22-33-13-19(14-34-22)18-9-7-17(8-10-18)16-5-3-2-4-6-16/h2-9,18-19,22,31H,10-14H2,1H3,(H,26,32)(H,29,30). The van der Waals surface area contributed by atoms with E-state index < -0.39 is 24.7 Å². The molecule has 1 fully saturated rings. The second-order valence-corrected chi connectivity index (χ2v) is 8.34. The van der Waals surface area contributed by atoms with Crippen molar-refractivity contribution in [2.24, 2.45) is 11.8 Å². The summed E-state index contributed by atoms with van der Waals surface area (Å²) >= 11 is 0. The van der Waals surface area contributed by atoms with Crippen LogP contribution in [0.1, 0.15) is 34.0 Å². The normalized spacial score (nSPS) is 22.1. The number of nitrogens with zero attached hydrogens (tertiary/aromatic N) is 2. The summed E-state index contributed by atoms with van der Waals surface area (Å²) in [5.41, 5.74) is 2.36. The fourth-order valence-corrected chi connectivity index (χ4v) is 4.02. The first-order chi connectivity index (χ1) is 16.4. The van der Waals surface area contributed by atoms with Crippen molar-refractivity contribution in [3.8, 4) is 5.75 Å². The molecule has 1 unspecified atom stereocenters. The number of aromatic hydroxyl groups is 1. The lowest BCUT2D eigenvalue weighted by Crippen LogP contribution is -2.37. The van der Waals surface area contributed by atoms with Gasteiger partial charge in [0.15, 0.2) is 17.7 Å². The van der Waals surface area contributed by atoms with Crippen molar-refractivity contribution in [3.63, 3.8) is 0 Å². The van der Waals surface area contributed by atoms with E-state index in [1.54, 1.807) is 6.92 Å². The van der Waals surface area contributed by atoms with Gasteiger partial charge in [-0.05, 0) is 30.4 Å². The van der Waals surface area contributed by atoms with Gasteiger partial charge in [0.2, 0.25) is 0 Å². The average molecular weight is 466 g/mol. The molecule has 0 radical (unpaired) electrons. The first kappa shape index (κ1) is 23.6. The number of rotatable bonds is 7. The van der Waals surface area contributed by atoms with E-state index in [4.69, 9.17) is 14.6 Å². The summed E-state index contributed by atoms with van der Waals surface area (Å²) in [6.07, 6.45) is 7.16. The summed E-state index contributed by atoms with van der Waals surface area (Å²) in [5, 5.41) is 21.1. The van der Waals surface area contributed by atoms with E-state index in [1.165, 1.54) is 11.1 Å². The Labute approximate surface area is 197 Å². The molecule has 2 heterocycles. The van der Waals surface area contributed by atoms with Crippen LogP contribution in [-0.2, 0) is 20.7 Å². The van der Waals surface area contributed by atoms with Crippen molar-refractivity contribution in [2.45, 2.75) is 26.1 Å². The van der Waals surface area contributed by atoms with Gasteiger partial charge in [-0.2, -0.15) is 0 Å². The first-order valence-electron chi connectivity index (χ1n) is 11.1. The summed E-state index contributed by atoms with van der Waals surface area (Å²) in [4.78, 5) is 31.2. The molecule has 1 aromatic carbocycles. The van der Waals surface area contributed by atoms with E-state index in [0.717, 1.165) is 6.42 Å². The van der Waals surface area contributed by atoms with Crippen LogP contribution < -0.4 is 5.32 Å². The van der Waals surface area contributed by atoms with Gasteiger partial charge in [0.1, 0.15) is 12.4 Å². The lowest BCUT2D eigenvalue weighted by atomic mass is 9.84. The number of allylic oxidation sites excluding steroid dienone is 4. The number of aryl methyl sites for hydroxylation is 1. The molecule has 0 saturated carbocycles. The van der Waals surface area contributed by atoms with Crippen molar-refractivity contribution in [2.75, 3.05) is 19.8 Å². The van der Waals surface area contributed by atoms with Crippen LogP contribution in [0.2, 0.25) is 0 Å². The van der Waals surface area contributed by atoms with E-state index in [1.807, 2.05) is 18.2 Å². The minimum Gasteiger partial charge on any atom is -0.504 e. The van der Waals surface area contributed by atoms with E-state index in [-0.39, 0.29) is 35.3 Å².